The van der Waals surface area contributed by atoms with Crippen molar-refractivity contribution < 1.29 is 23.3 Å². The van der Waals surface area contributed by atoms with E-state index in [-0.39, 0.29) is 28.3 Å². The second-order valence-electron chi connectivity index (χ2n) is 4.90. The second-order valence-corrected chi connectivity index (χ2v) is 4.90. The minimum Gasteiger partial charge on any atom is -0.391 e. The van der Waals surface area contributed by atoms with Crippen molar-refractivity contribution in [1.82, 2.24) is 5.16 Å². The SMILES string of the molecule is O=[N+]([O-])c1ccc(-c2noc(-c3cccc(F)c3F)c2CO)cc1. The molecule has 0 bridgehead atoms. The lowest BCUT2D eigenvalue weighted by atomic mass is 10.0. The number of aromatic nitrogens is 1. The molecule has 2 aromatic carbocycles. The first-order chi connectivity index (χ1) is 11.5. The zero-order chi connectivity index (χ0) is 17.3. The second kappa shape index (κ2) is 6.17. The van der Waals surface area contributed by atoms with Crippen LogP contribution in [-0.4, -0.2) is 15.2 Å². The minimum atomic E-state index is -1.11. The van der Waals surface area contributed by atoms with Gasteiger partial charge in [0.15, 0.2) is 17.4 Å². The Bertz CT molecular complexity index is 907. The number of nitro benzene ring substituents is 1. The Hall–Kier alpha value is -3.13. The molecule has 122 valence electrons. The normalized spacial score (nSPS) is 10.8. The van der Waals surface area contributed by atoms with Gasteiger partial charge in [-0.25, -0.2) is 8.78 Å². The molecule has 0 amide bonds. The van der Waals surface area contributed by atoms with Gasteiger partial charge in [-0.1, -0.05) is 11.2 Å². The van der Waals surface area contributed by atoms with E-state index in [1.807, 2.05) is 0 Å². The van der Waals surface area contributed by atoms with Gasteiger partial charge in [0.2, 0.25) is 0 Å². The van der Waals surface area contributed by atoms with E-state index in [0.717, 1.165) is 6.07 Å². The Balaban J connectivity index is 2.10. The largest absolute Gasteiger partial charge is 0.391 e. The van der Waals surface area contributed by atoms with Crippen molar-refractivity contribution >= 4 is 5.69 Å². The number of hydrogen-bond donors (Lipinski definition) is 1. The number of rotatable bonds is 4. The molecule has 0 saturated heterocycles. The number of nitrogens with zero attached hydrogens (tertiary/aromatic N) is 2. The van der Waals surface area contributed by atoms with Gasteiger partial charge in [-0.05, 0) is 24.3 Å². The summed E-state index contributed by atoms with van der Waals surface area (Å²) < 4.78 is 32.4. The zero-order valence-corrected chi connectivity index (χ0v) is 12.1. The standard InChI is InChI=1S/C16H10F2N2O4/c17-13-3-1-2-11(14(13)18)16-12(8-21)15(19-24-16)9-4-6-10(7-5-9)20(22)23/h1-7,21H,8H2. The lowest BCUT2D eigenvalue weighted by Gasteiger charge is -2.03. The smallest absolute Gasteiger partial charge is 0.269 e. The molecular weight excluding hydrogens is 322 g/mol. The average molecular weight is 332 g/mol. The molecule has 8 heteroatoms. The highest BCUT2D eigenvalue weighted by Gasteiger charge is 2.22. The van der Waals surface area contributed by atoms with Crippen LogP contribution in [0, 0.1) is 21.7 Å². The molecule has 3 rings (SSSR count). The van der Waals surface area contributed by atoms with Gasteiger partial charge < -0.3 is 9.63 Å². The van der Waals surface area contributed by atoms with Crippen LogP contribution in [0.3, 0.4) is 0 Å². The van der Waals surface area contributed by atoms with Crippen LogP contribution in [0.4, 0.5) is 14.5 Å². The maximum Gasteiger partial charge on any atom is 0.269 e. The predicted molar refractivity (Wildman–Crippen MR) is 79.9 cm³/mol. The van der Waals surface area contributed by atoms with Crippen LogP contribution in [0.15, 0.2) is 47.0 Å². The summed E-state index contributed by atoms with van der Waals surface area (Å²) in [6.07, 6.45) is 0. The number of nitro groups is 1. The van der Waals surface area contributed by atoms with Crippen LogP contribution < -0.4 is 0 Å². The van der Waals surface area contributed by atoms with Crippen LogP contribution >= 0.6 is 0 Å². The minimum absolute atomic E-state index is 0.0946. The Kier molecular flexibility index (Phi) is 4.05. The van der Waals surface area contributed by atoms with E-state index in [1.165, 1.54) is 36.4 Å². The summed E-state index contributed by atoms with van der Waals surface area (Å²) in [5.74, 6) is -2.26. The first kappa shape index (κ1) is 15.8. The molecule has 1 heterocycles. The van der Waals surface area contributed by atoms with Crippen LogP contribution in [0.5, 0.6) is 0 Å². The van der Waals surface area contributed by atoms with Gasteiger partial charge in [-0.3, -0.25) is 10.1 Å². The summed E-state index contributed by atoms with van der Waals surface area (Å²) in [5.41, 5.74) is 0.528. The van der Waals surface area contributed by atoms with E-state index in [2.05, 4.69) is 5.16 Å². The Morgan fingerprint density at radius 3 is 2.50 bits per heavy atom. The van der Waals surface area contributed by atoms with E-state index < -0.39 is 23.2 Å². The van der Waals surface area contributed by atoms with Gasteiger partial charge in [0.05, 0.1) is 22.7 Å². The summed E-state index contributed by atoms with van der Waals surface area (Å²) in [4.78, 5) is 10.1. The highest BCUT2D eigenvalue weighted by atomic mass is 19.2. The van der Waals surface area contributed by atoms with E-state index >= 15 is 0 Å². The third-order valence-corrected chi connectivity index (χ3v) is 3.49. The predicted octanol–water partition coefficient (Wildman–Crippen LogP) is 3.69. The van der Waals surface area contributed by atoms with Crippen molar-refractivity contribution in [2.24, 2.45) is 0 Å². The maximum absolute atomic E-state index is 13.9. The molecule has 3 aromatic rings. The summed E-state index contributed by atoms with van der Waals surface area (Å²) in [5, 5.41) is 24.1. The third kappa shape index (κ3) is 2.63. The van der Waals surface area contributed by atoms with E-state index in [0.29, 0.717) is 5.56 Å². The van der Waals surface area contributed by atoms with Crippen molar-refractivity contribution in [3.63, 3.8) is 0 Å². The van der Waals surface area contributed by atoms with Gasteiger partial charge in [-0.15, -0.1) is 0 Å². The van der Waals surface area contributed by atoms with E-state index in [1.54, 1.807) is 0 Å². The number of halogens is 2. The van der Waals surface area contributed by atoms with Crippen molar-refractivity contribution in [2.75, 3.05) is 0 Å². The molecule has 0 aliphatic carbocycles. The molecule has 0 aliphatic heterocycles. The van der Waals surface area contributed by atoms with Gasteiger partial charge in [-0.2, -0.15) is 0 Å². The van der Waals surface area contributed by atoms with Gasteiger partial charge >= 0.3 is 0 Å². The molecule has 6 nitrogen and oxygen atoms in total. The number of non-ortho nitro benzene ring substituents is 1. The first-order valence-corrected chi connectivity index (χ1v) is 6.81. The quantitative estimate of drug-likeness (QED) is 0.581. The van der Waals surface area contributed by atoms with Crippen LogP contribution in [0.1, 0.15) is 5.56 Å². The molecular formula is C16H10F2N2O4. The fourth-order valence-corrected chi connectivity index (χ4v) is 2.31. The summed E-state index contributed by atoms with van der Waals surface area (Å²) in [7, 11) is 0. The fraction of sp³-hybridized carbons (Fsp3) is 0.0625. The van der Waals surface area contributed by atoms with Gasteiger partial charge in [0.25, 0.3) is 5.69 Å². The molecule has 24 heavy (non-hydrogen) atoms. The van der Waals surface area contributed by atoms with Crippen LogP contribution in [-0.2, 0) is 6.61 Å². The topological polar surface area (TPSA) is 89.4 Å². The van der Waals surface area contributed by atoms with E-state index in [9.17, 15) is 24.0 Å². The molecule has 0 spiro atoms. The van der Waals surface area contributed by atoms with Crippen molar-refractivity contribution in [3.05, 3.63) is 69.8 Å². The molecule has 1 aromatic heterocycles. The zero-order valence-electron chi connectivity index (χ0n) is 12.1. The highest BCUT2D eigenvalue weighted by Crippen LogP contribution is 2.34. The number of aliphatic hydroxyl groups excluding tert-OH is 1. The van der Waals surface area contributed by atoms with Gasteiger partial charge in [0.1, 0.15) is 5.69 Å². The molecule has 0 saturated carbocycles. The summed E-state index contributed by atoms with van der Waals surface area (Å²) in [6.45, 7) is -0.527. The maximum atomic E-state index is 13.9. The number of aliphatic hydroxyl groups is 1. The van der Waals surface area contributed by atoms with Crippen molar-refractivity contribution in [3.8, 4) is 22.6 Å². The highest BCUT2D eigenvalue weighted by molar-refractivity contribution is 5.73. The lowest BCUT2D eigenvalue weighted by molar-refractivity contribution is -0.384. The van der Waals surface area contributed by atoms with Crippen molar-refractivity contribution in [1.29, 1.82) is 0 Å². The number of hydrogen-bond acceptors (Lipinski definition) is 5. The molecule has 0 atom stereocenters. The third-order valence-electron chi connectivity index (χ3n) is 3.49. The molecule has 0 fully saturated rings. The Morgan fingerprint density at radius 2 is 1.88 bits per heavy atom. The molecule has 0 aliphatic rings. The first-order valence-electron chi connectivity index (χ1n) is 6.81. The summed E-state index contributed by atoms with van der Waals surface area (Å²) in [6, 6.07) is 8.98. The van der Waals surface area contributed by atoms with Crippen LogP contribution in [0.25, 0.3) is 22.6 Å². The fourth-order valence-electron chi connectivity index (χ4n) is 2.31. The molecule has 0 radical (unpaired) electrons. The average Bonchev–Trinajstić information content (AvgIpc) is 3.01. The van der Waals surface area contributed by atoms with E-state index in [4.69, 9.17) is 4.52 Å². The van der Waals surface area contributed by atoms with Crippen molar-refractivity contribution in [2.45, 2.75) is 6.61 Å². The monoisotopic (exact) mass is 332 g/mol. The lowest BCUT2D eigenvalue weighted by Crippen LogP contribution is -1.93. The van der Waals surface area contributed by atoms with Gasteiger partial charge in [0, 0.05) is 17.7 Å². The Morgan fingerprint density at radius 1 is 1.17 bits per heavy atom. The molecule has 1 N–H and O–H groups in total. The Labute approximate surface area is 134 Å². The molecule has 0 unspecified atom stereocenters. The number of benzene rings is 2. The summed E-state index contributed by atoms with van der Waals surface area (Å²) >= 11 is 0. The van der Waals surface area contributed by atoms with Crippen LogP contribution in [0.2, 0.25) is 0 Å².